The van der Waals surface area contributed by atoms with Crippen LogP contribution in [-0.4, -0.2) is 84.1 Å². The lowest BCUT2D eigenvalue weighted by atomic mass is 9.92. The SMILES string of the molecule is CN(C)c1ccc(-n2cnnc2[C@@H]2O[C@H](CO)[C@H](O)[C@H](n3cc(-c4cc(F)c(F)c(F)c4)nn3)[C@H]2O)cc1. The van der Waals surface area contributed by atoms with Crippen LogP contribution in [0.3, 0.4) is 0 Å². The van der Waals surface area contributed by atoms with Crippen molar-refractivity contribution in [3.8, 4) is 16.9 Å². The van der Waals surface area contributed by atoms with Crippen LogP contribution in [-0.2, 0) is 4.74 Å². The van der Waals surface area contributed by atoms with Gasteiger partial charge in [0, 0.05) is 31.0 Å². The monoisotopic (exact) mass is 531 g/mol. The first kappa shape index (κ1) is 25.8. The number of halogens is 3. The van der Waals surface area contributed by atoms with Gasteiger partial charge in [-0.25, -0.2) is 17.9 Å². The van der Waals surface area contributed by atoms with E-state index in [0.29, 0.717) is 5.69 Å². The van der Waals surface area contributed by atoms with Crippen LogP contribution < -0.4 is 4.90 Å². The summed E-state index contributed by atoms with van der Waals surface area (Å²) in [6.45, 7) is -0.595. The van der Waals surface area contributed by atoms with Gasteiger partial charge in [-0.1, -0.05) is 5.21 Å². The molecule has 5 atom stereocenters. The van der Waals surface area contributed by atoms with Crippen LogP contribution in [0.5, 0.6) is 0 Å². The molecule has 0 spiro atoms. The summed E-state index contributed by atoms with van der Waals surface area (Å²) >= 11 is 0. The Morgan fingerprint density at radius 2 is 1.68 bits per heavy atom. The van der Waals surface area contributed by atoms with Gasteiger partial charge in [-0.15, -0.1) is 15.3 Å². The average molecular weight is 531 g/mol. The van der Waals surface area contributed by atoms with E-state index < -0.39 is 54.5 Å². The molecule has 38 heavy (non-hydrogen) atoms. The van der Waals surface area contributed by atoms with E-state index in [2.05, 4.69) is 20.5 Å². The second kappa shape index (κ2) is 10.1. The van der Waals surface area contributed by atoms with Crippen LogP contribution in [0.2, 0.25) is 0 Å². The second-order valence-electron chi connectivity index (χ2n) is 9.06. The number of ether oxygens (including phenoxy) is 1. The lowest BCUT2D eigenvalue weighted by Gasteiger charge is -2.41. The highest BCUT2D eigenvalue weighted by atomic mass is 19.2. The minimum absolute atomic E-state index is 0.0325. The summed E-state index contributed by atoms with van der Waals surface area (Å²) in [5.41, 5.74) is 1.51. The van der Waals surface area contributed by atoms with Gasteiger partial charge in [-0.05, 0) is 36.4 Å². The molecule has 5 rings (SSSR count). The summed E-state index contributed by atoms with van der Waals surface area (Å²) in [6, 6.07) is 7.75. The number of nitrogens with zero attached hydrogens (tertiary/aromatic N) is 7. The van der Waals surface area contributed by atoms with E-state index >= 15 is 0 Å². The van der Waals surface area contributed by atoms with Crippen LogP contribution in [0.15, 0.2) is 48.9 Å². The molecule has 2 aromatic carbocycles. The smallest absolute Gasteiger partial charge is 0.194 e. The number of hydrogen-bond donors (Lipinski definition) is 3. The number of aliphatic hydroxyl groups is 3. The second-order valence-corrected chi connectivity index (χ2v) is 9.06. The van der Waals surface area contributed by atoms with Crippen LogP contribution in [0.25, 0.3) is 16.9 Å². The molecule has 0 amide bonds. The molecule has 3 heterocycles. The molecular formula is C24H24F3N7O4. The fourth-order valence-electron chi connectivity index (χ4n) is 4.43. The van der Waals surface area contributed by atoms with Crippen molar-refractivity contribution in [2.24, 2.45) is 0 Å². The van der Waals surface area contributed by atoms with Crippen LogP contribution in [0.4, 0.5) is 18.9 Å². The molecule has 1 fully saturated rings. The van der Waals surface area contributed by atoms with Gasteiger partial charge in [0.2, 0.25) is 0 Å². The molecule has 14 heteroatoms. The number of hydrogen-bond acceptors (Lipinski definition) is 9. The zero-order valence-corrected chi connectivity index (χ0v) is 20.2. The van der Waals surface area contributed by atoms with Crippen molar-refractivity contribution in [3.63, 3.8) is 0 Å². The van der Waals surface area contributed by atoms with Gasteiger partial charge in [0.05, 0.1) is 12.8 Å². The Morgan fingerprint density at radius 3 is 2.32 bits per heavy atom. The third-order valence-corrected chi connectivity index (χ3v) is 6.46. The third-order valence-electron chi connectivity index (χ3n) is 6.46. The summed E-state index contributed by atoms with van der Waals surface area (Å²) in [4.78, 5) is 1.93. The standard InChI is InChI=1S/C24H24F3N7O4/c1-32(2)13-3-5-14(6-4-13)33-11-28-30-24(33)23-22(37)20(21(36)18(10-35)38-23)34-9-17(29-31-34)12-7-15(25)19(27)16(26)8-12/h3-9,11,18,20-23,35-37H,10H2,1-2H3/t18-,20+,21+,22-,23-/m1/s1. The third kappa shape index (κ3) is 4.51. The summed E-state index contributed by atoms with van der Waals surface area (Å²) in [6.07, 6.45) is -2.54. The average Bonchev–Trinajstić information content (AvgIpc) is 3.58. The Morgan fingerprint density at radius 1 is 1.00 bits per heavy atom. The lowest BCUT2D eigenvalue weighted by Crippen LogP contribution is -2.53. The van der Waals surface area contributed by atoms with Crippen molar-refractivity contribution < 1.29 is 33.2 Å². The Hall–Kier alpha value is -3.85. The maximum absolute atomic E-state index is 13.7. The van der Waals surface area contributed by atoms with Gasteiger partial charge in [0.15, 0.2) is 23.3 Å². The minimum Gasteiger partial charge on any atom is -0.394 e. The largest absolute Gasteiger partial charge is 0.394 e. The molecule has 3 N–H and O–H groups in total. The molecule has 0 aliphatic carbocycles. The van der Waals surface area contributed by atoms with Crippen LogP contribution in [0, 0.1) is 17.5 Å². The molecule has 2 aromatic heterocycles. The molecular weight excluding hydrogens is 507 g/mol. The predicted octanol–water partition coefficient (Wildman–Crippen LogP) is 1.40. The van der Waals surface area contributed by atoms with Crippen molar-refractivity contribution in [2.75, 3.05) is 25.6 Å². The summed E-state index contributed by atoms with van der Waals surface area (Å²) in [7, 11) is 3.81. The molecule has 0 unspecified atom stereocenters. The van der Waals surface area contributed by atoms with E-state index in [0.717, 1.165) is 22.5 Å². The summed E-state index contributed by atoms with van der Waals surface area (Å²) in [5.74, 6) is -4.22. The van der Waals surface area contributed by atoms with Crippen LogP contribution in [0.1, 0.15) is 18.0 Å². The maximum Gasteiger partial charge on any atom is 0.194 e. The topological polar surface area (TPSA) is 135 Å². The number of anilines is 1. The fourth-order valence-corrected chi connectivity index (χ4v) is 4.43. The first-order valence-electron chi connectivity index (χ1n) is 11.6. The van der Waals surface area contributed by atoms with Gasteiger partial charge in [-0.3, -0.25) is 4.57 Å². The van der Waals surface area contributed by atoms with Gasteiger partial charge in [0.1, 0.15) is 42.5 Å². The molecule has 200 valence electrons. The molecule has 4 aromatic rings. The highest BCUT2D eigenvalue weighted by molar-refractivity contribution is 5.58. The highest BCUT2D eigenvalue weighted by Crippen LogP contribution is 2.38. The van der Waals surface area contributed by atoms with Crippen molar-refractivity contribution in [1.29, 1.82) is 0 Å². The fraction of sp³-hybridized carbons (Fsp3) is 0.333. The molecule has 0 radical (unpaired) electrons. The Labute approximate surface area is 214 Å². The molecule has 1 saturated heterocycles. The van der Waals surface area contributed by atoms with Gasteiger partial charge in [0.25, 0.3) is 0 Å². The maximum atomic E-state index is 13.7. The van der Waals surface area contributed by atoms with Gasteiger partial charge >= 0.3 is 0 Å². The van der Waals surface area contributed by atoms with E-state index in [1.54, 1.807) is 4.57 Å². The zero-order chi connectivity index (χ0) is 27.1. The normalized spacial score (nSPS) is 23.5. The minimum atomic E-state index is -1.62. The Bertz CT molecular complexity index is 1410. The van der Waals surface area contributed by atoms with Crippen molar-refractivity contribution >= 4 is 5.69 Å². The van der Waals surface area contributed by atoms with E-state index in [1.165, 1.54) is 12.5 Å². The number of aliphatic hydroxyl groups excluding tert-OH is 3. The first-order chi connectivity index (χ1) is 18.2. The number of benzene rings is 2. The summed E-state index contributed by atoms with van der Waals surface area (Å²) in [5, 5.41) is 47.9. The molecule has 0 saturated carbocycles. The van der Waals surface area contributed by atoms with E-state index in [4.69, 9.17) is 4.74 Å². The van der Waals surface area contributed by atoms with E-state index in [1.807, 2.05) is 43.3 Å². The molecule has 1 aliphatic heterocycles. The van der Waals surface area contributed by atoms with Crippen molar-refractivity contribution in [2.45, 2.75) is 30.5 Å². The van der Waals surface area contributed by atoms with Crippen LogP contribution >= 0.6 is 0 Å². The zero-order valence-electron chi connectivity index (χ0n) is 20.2. The quantitative estimate of drug-likeness (QED) is 0.316. The van der Waals surface area contributed by atoms with Crippen molar-refractivity contribution in [1.82, 2.24) is 29.8 Å². The van der Waals surface area contributed by atoms with E-state index in [-0.39, 0.29) is 17.1 Å². The lowest BCUT2D eigenvalue weighted by molar-refractivity contribution is -0.210. The highest BCUT2D eigenvalue weighted by Gasteiger charge is 2.48. The summed E-state index contributed by atoms with van der Waals surface area (Å²) < 4.78 is 49.4. The Balaban J connectivity index is 1.49. The first-order valence-corrected chi connectivity index (χ1v) is 11.6. The Kier molecular flexibility index (Phi) is 6.88. The number of aromatic nitrogens is 6. The predicted molar refractivity (Wildman–Crippen MR) is 127 cm³/mol. The van der Waals surface area contributed by atoms with Gasteiger partial charge in [-0.2, -0.15) is 0 Å². The molecule has 1 aliphatic rings. The molecule has 11 nitrogen and oxygen atoms in total. The van der Waals surface area contributed by atoms with E-state index in [9.17, 15) is 28.5 Å². The number of rotatable bonds is 6. The van der Waals surface area contributed by atoms with Crippen molar-refractivity contribution in [3.05, 3.63) is 72.2 Å². The molecule has 0 bridgehead atoms. The van der Waals surface area contributed by atoms with Gasteiger partial charge < -0.3 is 25.0 Å².